The molecule has 3 nitrogen and oxygen atoms in total. The van der Waals surface area contributed by atoms with Gasteiger partial charge in [-0.25, -0.2) is 4.79 Å². The smallest absolute Gasteiger partial charge is 0.211 e. The second kappa shape index (κ2) is 3.31. The Morgan fingerprint density at radius 2 is 2.36 bits per heavy atom. The Hall–Kier alpha value is -1.91. The normalized spacial score (nSPS) is 7.91. The number of nitrogens with zero attached hydrogens (tertiary/aromatic N) is 2. The second-order valence-electron chi connectivity index (χ2n) is 1.78. The van der Waals surface area contributed by atoms with E-state index in [1.807, 2.05) is 6.07 Å². The Labute approximate surface area is 63.6 Å². The second-order valence-corrected chi connectivity index (χ2v) is 1.78. The lowest BCUT2D eigenvalue weighted by Gasteiger charge is -1.87. The van der Waals surface area contributed by atoms with Crippen LogP contribution in [0.3, 0.4) is 0 Å². The zero-order valence-corrected chi connectivity index (χ0v) is 5.53. The maximum atomic E-state index is 9.76. The minimum absolute atomic E-state index is 0.426. The largest absolute Gasteiger partial charge is 0.240 e. The van der Waals surface area contributed by atoms with Gasteiger partial charge in [-0.2, -0.15) is 10.3 Å². The van der Waals surface area contributed by atoms with Gasteiger partial charge < -0.3 is 0 Å². The molecule has 0 saturated heterocycles. The van der Waals surface area contributed by atoms with Crippen molar-refractivity contribution >= 4 is 11.8 Å². The van der Waals surface area contributed by atoms with Gasteiger partial charge in [0.2, 0.25) is 6.08 Å². The van der Waals surface area contributed by atoms with Gasteiger partial charge in [0.05, 0.1) is 17.3 Å². The van der Waals surface area contributed by atoms with Crippen molar-refractivity contribution in [3.8, 4) is 6.07 Å². The zero-order valence-electron chi connectivity index (χ0n) is 5.53. The number of aliphatic imine (C=N–C) groups is 1. The molecule has 1 radical (unpaired) electrons. The molecule has 0 atom stereocenters. The van der Waals surface area contributed by atoms with E-state index in [0.29, 0.717) is 11.3 Å². The highest BCUT2D eigenvalue weighted by atomic mass is 16.1. The molecule has 0 unspecified atom stereocenters. The average Bonchev–Trinajstić information content (AvgIpc) is 2.07. The molecule has 1 aromatic carbocycles. The summed E-state index contributed by atoms with van der Waals surface area (Å²) in [7, 11) is 0. The molecule has 0 aliphatic rings. The van der Waals surface area contributed by atoms with E-state index in [4.69, 9.17) is 5.26 Å². The lowest BCUT2D eigenvalue weighted by Crippen LogP contribution is -1.70. The predicted octanol–water partition coefficient (Wildman–Crippen LogP) is 1.33. The third-order valence-electron chi connectivity index (χ3n) is 1.09. The summed E-state index contributed by atoms with van der Waals surface area (Å²) in [6.45, 7) is 0. The van der Waals surface area contributed by atoms with Crippen LogP contribution in [-0.2, 0) is 4.79 Å². The van der Waals surface area contributed by atoms with Gasteiger partial charge in [-0.15, -0.1) is 0 Å². The molecule has 0 amide bonds. The van der Waals surface area contributed by atoms with E-state index in [2.05, 4.69) is 11.1 Å². The first-order valence-corrected chi connectivity index (χ1v) is 2.86. The molecule has 0 saturated carbocycles. The number of benzene rings is 1. The minimum Gasteiger partial charge on any atom is -0.211 e. The maximum Gasteiger partial charge on any atom is 0.240 e. The van der Waals surface area contributed by atoms with Crippen molar-refractivity contribution in [3.05, 3.63) is 29.8 Å². The molecule has 0 aliphatic heterocycles. The van der Waals surface area contributed by atoms with Crippen LogP contribution in [0.1, 0.15) is 5.56 Å². The SMILES string of the molecule is N#Cc1[c]cc(N=C=O)cc1. The minimum atomic E-state index is 0.426. The Balaban J connectivity index is 3.02. The van der Waals surface area contributed by atoms with Crippen LogP contribution in [0.15, 0.2) is 23.2 Å². The fraction of sp³-hybridized carbons (Fsp3) is 0. The Morgan fingerprint density at radius 1 is 1.55 bits per heavy atom. The summed E-state index contributed by atoms with van der Waals surface area (Å²) in [6.07, 6.45) is 1.39. The molecule has 0 bridgehead atoms. The van der Waals surface area contributed by atoms with Crippen LogP contribution < -0.4 is 0 Å². The molecule has 0 aliphatic carbocycles. The summed E-state index contributed by atoms with van der Waals surface area (Å²) in [5.74, 6) is 0. The van der Waals surface area contributed by atoms with Gasteiger partial charge in [0, 0.05) is 6.07 Å². The molecule has 1 aromatic rings. The molecule has 0 aromatic heterocycles. The molecule has 51 valence electrons. The topological polar surface area (TPSA) is 53.2 Å². The van der Waals surface area contributed by atoms with Crippen LogP contribution >= 0.6 is 0 Å². The van der Waals surface area contributed by atoms with E-state index in [1.165, 1.54) is 18.2 Å². The molecule has 0 fully saturated rings. The number of hydrogen-bond donors (Lipinski definition) is 0. The lowest BCUT2D eigenvalue weighted by molar-refractivity contribution is 0.565. The third-order valence-corrected chi connectivity index (χ3v) is 1.09. The Bertz CT molecular complexity index is 328. The first kappa shape index (κ1) is 7.20. The van der Waals surface area contributed by atoms with Crippen LogP contribution in [0.25, 0.3) is 0 Å². The van der Waals surface area contributed by atoms with E-state index in [1.54, 1.807) is 6.07 Å². The summed E-state index contributed by atoms with van der Waals surface area (Å²) < 4.78 is 0. The van der Waals surface area contributed by atoms with Crippen LogP contribution in [0.2, 0.25) is 0 Å². The van der Waals surface area contributed by atoms with Crippen molar-refractivity contribution in [1.29, 1.82) is 5.26 Å². The standard InChI is InChI=1S/C8H3N2O/c9-5-7-1-3-8(4-2-7)10-6-11/h1,3-4H. The van der Waals surface area contributed by atoms with Crippen molar-refractivity contribution < 1.29 is 4.79 Å². The fourth-order valence-corrected chi connectivity index (χ4v) is 0.608. The number of hydrogen-bond acceptors (Lipinski definition) is 3. The van der Waals surface area contributed by atoms with E-state index in [0.717, 1.165) is 0 Å². The lowest BCUT2D eigenvalue weighted by atomic mass is 10.2. The predicted molar refractivity (Wildman–Crippen MR) is 37.8 cm³/mol. The number of carbonyl (C=O) groups excluding carboxylic acids is 1. The van der Waals surface area contributed by atoms with E-state index >= 15 is 0 Å². The highest BCUT2D eigenvalue weighted by Gasteiger charge is 1.89. The molecule has 1 rings (SSSR count). The third kappa shape index (κ3) is 1.75. The van der Waals surface area contributed by atoms with Crippen LogP contribution in [0, 0.1) is 17.4 Å². The highest BCUT2D eigenvalue weighted by Crippen LogP contribution is 2.10. The molecule has 0 N–H and O–H groups in total. The monoisotopic (exact) mass is 143 g/mol. The van der Waals surface area contributed by atoms with Crippen molar-refractivity contribution in [2.45, 2.75) is 0 Å². The van der Waals surface area contributed by atoms with Gasteiger partial charge in [0.15, 0.2) is 0 Å². The van der Waals surface area contributed by atoms with E-state index in [9.17, 15) is 4.79 Å². The van der Waals surface area contributed by atoms with Gasteiger partial charge >= 0.3 is 0 Å². The van der Waals surface area contributed by atoms with Crippen LogP contribution in [-0.4, -0.2) is 6.08 Å². The molecular formula is C8H3N2O. The maximum absolute atomic E-state index is 9.76. The summed E-state index contributed by atoms with van der Waals surface area (Å²) in [4.78, 5) is 13.1. The van der Waals surface area contributed by atoms with Gasteiger partial charge in [-0.1, -0.05) is 0 Å². The highest BCUT2D eigenvalue weighted by molar-refractivity contribution is 5.49. The van der Waals surface area contributed by atoms with Crippen molar-refractivity contribution in [1.82, 2.24) is 0 Å². The summed E-state index contributed by atoms with van der Waals surface area (Å²) in [5, 5.41) is 8.37. The van der Waals surface area contributed by atoms with Gasteiger partial charge in [-0.05, 0) is 18.2 Å². The van der Waals surface area contributed by atoms with Crippen LogP contribution in [0.4, 0.5) is 5.69 Å². The molecule has 11 heavy (non-hydrogen) atoms. The van der Waals surface area contributed by atoms with E-state index < -0.39 is 0 Å². The van der Waals surface area contributed by atoms with Crippen molar-refractivity contribution in [2.75, 3.05) is 0 Å². The first-order chi connectivity index (χ1) is 5.36. The average molecular weight is 143 g/mol. The fourth-order valence-electron chi connectivity index (χ4n) is 0.608. The molecule has 3 heteroatoms. The number of nitriles is 1. The number of isocyanates is 1. The number of rotatable bonds is 1. The van der Waals surface area contributed by atoms with Gasteiger partial charge in [0.1, 0.15) is 0 Å². The first-order valence-electron chi connectivity index (χ1n) is 2.86. The molecule has 0 spiro atoms. The zero-order chi connectivity index (χ0) is 8.10. The van der Waals surface area contributed by atoms with Crippen LogP contribution in [0.5, 0.6) is 0 Å². The van der Waals surface area contributed by atoms with Crippen molar-refractivity contribution in [3.63, 3.8) is 0 Å². The quantitative estimate of drug-likeness (QED) is 0.439. The molecule has 0 heterocycles. The van der Waals surface area contributed by atoms with E-state index in [-0.39, 0.29) is 0 Å². The Kier molecular flexibility index (Phi) is 2.16. The Morgan fingerprint density at radius 3 is 2.82 bits per heavy atom. The summed E-state index contributed by atoms with van der Waals surface area (Å²) in [5.41, 5.74) is 0.883. The molecular weight excluding hydrogens is 140 g/mol. The summed E-state index contributed by atoms with van der Waals surface area (Å²) >= 11 is 0. The van der Waals surface area contributed by atoms with Gasteiger partial charge in [-0.3, -0.25) is 0 Å². The summed E-state index contributed by atoms with van der Waals surface area (Å²) in [6, 6.07) is 9.09. The van der Waals surface area contributed by atoms with Gasteiger partial charge in [0.25, 0.3) is 0 Å². The van der Waals surface area contributed by atoms with Crippen molar-refractivity contribution in [2.24, 2.45) is 4.99 Å².